The molecular formula is C25H28N4O4. The molecule has 3 aromatic rings. The lowest BCUT2D eigenvalue weighted by Gasteiger charge is -2.26. The first-order valence-corrected chi connectivity index (χ1v) is 11.0. The van der Waals surface area contributed by atoms with Crippen LogP contribution in [0.1, 0.15) is 35.7 Å². The maximum absolute atomic E-state index is 12.8. The van der Waals surface area contributed by atoms with Crippen molar-refractivity contribution in [1.29, 1.82) is 0 Å². The average molecular weight is 449 g/mol. The van der Waals surface area contributed by atoms with Crippen LogP contribution in [-0.2, 0) is 11.8 Å². The minimum absolute atomic E-state index is 0.0291. The van der Waals surface area contributed by atoms with Gasteiger partial charge in [-0.3, -0.25) is 9.59 Å². The van der Waals surface area contributed by atoms with E-state index in [2.05, 4.69) is 24.3 Å². The van der Waals surface area contributed by atoms with Crippen LogP contribution in [0.2, 0.25) is 0 Å². The second kappa shape index (κ2) is 9.87. The third kappa shape index (κ3) is 5.23. The molecule has 1 N–H and O–H groups in total. The molecule has 2 aromatic carbocycles. The summed E-state index contributed by atoms with van der Waals surface area (Å²) < 4.78 is 12.5. The SMILES string of the molecule is CC(C)c1ccc(Oc2cnn(C)c(=O)c2Nc2ccc(C(=O)N3CCOCC3)cc2)cc1. The third-order valence-electron chi connectivity index (χ3n) is 5.58. The van der Waals surface area contributed by atoms with Crippen molar-refractivity contribution in [2.45, 2.75) is 19.8 Å². The number of nitrogens with zero attached hydrogens (tertiary/aromatic N) is 3. The highest BCUT2D eigenvalue weighted by Crippen LogP contribution is 2.29. The topological polar surface area (TPSA) is 85.7 Å². The van der Waals surface area contributed by atoms with E-state index < -0.39 is 0 Å². The third-order valence-corrected chi connectivity index (χ3v) is 5.58. The van der Waals surface area contributed by atoms with E-state index in [-0.39, 0.29) is 17.2 Å². The zero-order valence-electron chi connectivity index (χ0n) is 19.1. The molecule has 8 nitrogen and oxygen atoms in total. The molecule has 0 aliphatic carbocycles. The van der Waals surface area contributed by atoms with Crippen LogP contribution in [-0.4, -0.2) is 46.9 Å². The van der Waals surface area contributed by atoms with Gasteiger partial charge in [0, 0.05) is 31.4 Å². The number of anilines is 2. The Morgan fingerprint density at radius 2 is 1.73 bits per heavy atom. The van der Waals surface area contributed by atoms with E-state index in [9.17, 15) is 9.59 Å². The smallest absolute Gasteiger partial charge is 0.294 e. The molecule has 4 rings (SSSR count). The minimum atomic E-state index is -0.320. The quantitative estimate of drug-likeness (QED) is 0.615. The summed E-state index contributed by atoms with van der Waals surface area (Å²) in [5.74, 6) is 1.33. The molecule has 1 aliphatic rings. The number of benzene rings is 2. The number of rotatable bonds is 6. The number of hydrogen-bond acceptors (Lipinski definition) is 6. The minimum Gasteiger partial charge on any atom is -0.453 e. The summed E-state index contributed by atoms with van der Waals surface area (Å²) in [6, 6.07) is 14.8. The molecule has 0 spiro atoms. The molecule has 8 heteroatoms. The number of carbonyl (C=O) groups excluding carboxylic acids is 1. The molecule has 2 heterocycles. The number of aryl methyl sites for hydroxylation is 1. The van der Waals surface area contributed by atoms with Gasteiger partial charge in [0.2, 0.25) is 0 Å². The first kappa shape index (κ1) is 22.5. The van der Waals surface area contributed by atoms with Gasteiger partial charge in [-0.2, -0.15) is 5.10 Å². The van der Waals surface area contributed by atoms with Gasteiger partial charge in [-0.25, -0.2) is 4.68 Å². The maximum Gasteiger partial charge on any atom is 0.294 e. The van der Waals surface area contributed by atoms with Gasteiger partial charge in [0.05, 0.1) is 19.4 Å². The Bertz CT molecular complexity index is 1160. The normalized spacial score (nSPS) is 13.8. The second-order valence-electron chi connectivity index (χ2n) is 8.25. The fourth-order valence-electron chi connectivity index (χ4n) is 3.55. The lowest BCUT2D eigenvalue weighted by atomic mass is 10.0. The summed E-state index contributed by atoms with van der Waals surface area (Å²) >= 11 is 0. The molecule has 0 saturated carbocycles. The average Bonchev–Trinajstić information content (AvgIpc) is 2.84. The highest BCUT2D eigenvalue weighted by Gasteiger charge is 2.19. The van der Waals surface area contributed by atoms with Crippen molar-refractivity contribution in [3.63, 3.8) is 0 Å². The van der Waals surface area contributed by atoms with E-state index in [1.165, 1.54) is 16.4 Å². The van der Waals surface area contributed by atoms with E-state index in [0.29, 0.717) is 55.0 Å². The van der Waals surface area contributed by atoms with Gasteiger partial charge in [-0.15, -0.1) is 0 Å². The number of carbonyl (C=O) groups is 1. The van der Waals surface area contributed by atoms with E-state index in [1.807, 2.05) is 24.3 Å². The standard InChI is InChI=1S/C25H28N4O4/c1-17(2)18-6-10-21(11-7-18)33-22-16-26-28(3)25(31)23(22)27-20-8-4-19(5-9-20)24(30)29-12-14-32-15-13-29/h4-11,16-17,27H,12-15H2,1-3H3. The number of ether oxygens (including phenoxy) is 2. The zero-order valence-corrected chi connectivity index (χ0v) is 19.1. The van der Waals surface area contributed by atoms with Gasteiger partial charge in [0.15, 0.2) is 11.4 Å². The van der Waals surface area contributed by atoms with Crippen LogP contribution in [0, 0.1) is 0 Å². The molecular weight excluding hydrogens is 420 g/mol. The number of amides is 1. The van der Waals surface area contributed by atoms with Gasteiger partial charge in [-0.1, -0.05) is 26.0 Å². The number of nitrogens with one attached hydrogen (secondary N) is 1. The van der Waals surface area contributed by atoms with Gasteiger partial charge in [-0.05, 0) is 47.9 Å². The van der Waals surface area contributed by atoms with Gasteiger partial charge in [0.25, 0.3) is 11.5 Å². The van der Waals surface area contributed by atoms with Crippen LogP contribution in [0.15, 0.2) is 59.5 Å². The van der Waals surface area contributed by atoms with Gasteiger partial charge < -0.3 is 19.7 Å². The zero-order chi connectivity index (χ0) is 23.4. The molecule has 0 radical (unpaired) electrons. The molecule has 0 bridgehead atoms. The van der Waals surface area contributed by atoms with Crippen LogP contribution < -0.4 is 15.6 Å². The summed E-state index contributed by atoms with van der Waals surface area (Å²) in [5.41, 5.74) is 2.41. The van der Waals surface area contributed by atoms with Gasteiger partial charge >= 0.3 is 0 Å². The summed E-state index contributed by atoms with van der Waals surface area (Å²) in [4.78, 5) is 27.2. The van der Waals surface area contributed by atoms with Crippen LogP contribution >= 0.6 is 0 Å². The molecule has 1 saturated heterocycles. The van der Waals surface area contributed by atoms with Crippen LogP contribution in [0.5, 0.6) is 11.5 Å². The van der Waals surface area contributed by atoms with Gasteiger partial charge in [0.1, 0.15) is 5.75 Å². The predicted octanol–water partition coefficient (Wildman–Crippen LogP) is 3.91. The monoisotopic (exact) mass is 448 g/mol. The Morgan fingerprint density at radius 3 is 2.36 bits per heavy atom. The van der Waals surface area contributed by atoms with Crippen molar-refractivity contribution >= 4 is 17.3 Å². The summed E-state index contributed by atoms with van der Waals surface area (Å²) in [6.45, 7) is 6.54. The second-order valence-corrected chi connectivity index (χ2v) is 8.25. The van der Waals surface area contributed by atoms with Crippen molar-refractivity contribution in [2.75, 3.05) is 31.6 Å². The number of morpholine rings is 1. The van der Waals surface area contributed by atoms with E-state index in [0.717, 1.165) is 0 Å². The van der Waals surface area contributed by atoms with E-state index in [1.54, 1.807) is 36.2 Å². The fraction of sp³-hybridized carbons (Fsp3) is 0.320. The lowest BCUT2D eigenvalue weighted by Crippen LogP contribution is -2.40. The largest absolute Gasteiger partial charge is 0.453 e. The predicted molar refractivity (Wildman–Crippen MR) is 127 cm³/mol. The van der Waals surface area contributed by atoms with Crippen molar-refractivity contribution in [3.8, 4) is 11.5 Å². The molecule has 0 unspecified atom stereocenters. The van der Waals surface area contributed by atoms with Crippen molar-refractivity contribution in [2.24, 2.45) is 7.05 Å². The number of hydrogen-bond donors (Lipinski definition) is 1. The Labute approximate surface area is 192 Å². The van der Waals surface area contributed by atoms with Crippen LogP contribution in [0.3, 0.4) is 0 Å². The maximum atomic E-state index is 12.8. The molecule has 0 atom stereocenters. The van der Waals surface area contributed by atoms with Crippen molar-refractivity contribution in [1.82, 2.24) is 14.7 Å². The van der Waals surface area contributed by atoms with Crippen molar-refractivity contribution < 1.29 is 14.3 Å². The Kier molecular flexibility index (Phi) is 6.74. The Balaban J connectivity index is 1.54. The Morgan fingerprint density at radius 1 is 1.06 bits per heavy atom. The summed E-state index contributed by atoms with van der Waals surface area (Å²) in [5, 5.41) is 7.22. The number of aromatic nitrogens is 2. The first-order valence-electron chi connectivity index (χ1n) is 11.0. The summed E-state index contributed by atoms with van der Waals surface area (Å²) in [7, 11) is 1.58. The first-order chi connectivity index (χ1) is 15.9. The molecule has 1 amide bonds. The van der Waals surface area contributed by atoms with E-state index >= 15 is 0 Å². The van der Waals surface area contributed by atoms with Crippen LogP contribution in [0.25, 0.3) is 0 Å². The molecule has 33 heavy (non-hydrogen) atoms. The van der Waals surface area contributed by atoms with E-state index in [4.69, 9.17) is 9.47 Å². The lowest BCUT2D eigenvalue weighted by molar-refractivity contribution is 0.0303. The highest BCUT2D eigenvalue weighted by atomic mass is 16.5. The fourth-order valence-corrected chi connectivity index (χ4v) is 3.55. The molecule has 1 fully saturated rings. The Hall–Kier alpha value is -3.65. The molecule has 172 valence electrons. The highest BCUT2D eigenvalue weighted by molar-refractivity contribution is 5.94. The molecule has 1 aromatic heterocycles. The summed E-state index contributed by atoms with van der Waals surface area (Å²) in [6.07, 6.45) is 1.51. The van der Waals surface area contributed by atoms with Crippen LogP contribution in [0.4, 0.5) is 11.4 Å². The molecule has 1 aliphatic heterocycles. The van der Waals surface area contributed by atoms with Crippen molar-refractivity contribution in [3.05, 3.63) is 76.2 Å².